The Morgan fingerprint density at radius 3 is 2.16 bits per heavy atom. The first-order valence-electron chi connectivity index (χ1n) is 15.2. The maximum Gasteiger partial charge on any atom is 0.303 e. The van der Waals surface area contributed by atoms with Crippen molar-refractivity contribution < 1.29 is 19.4 Å². The number of allylic oxidation sites excluding steroid dienone is 1. The summed E-state index contributed by atoms with van der Waals surface area (Å²) in [6, 6.07) is 0. The third-order valence-corrected chi connectivity index (χ3v) is 14.0. The molecule has 0 aromatic heterocycles. The average molecular weight is 513 g/mol. The number of carboxylic acid groups (broad SMARTS) is 1. The number of hydrogen-bond acceptors (Lipinski definition) is 3. The quantitative estimate of drug-likeness (QED) is 0.306. The average Bonchev–Trinajstić information content (AvgIpc) is 3.15. The number of carboxylic acids is 1. The minimum Gasteiger partial charge on any atom is -0.481 e. The van der Waals surface area contributed by atoms with Crippen molar-refractivity contribution in [2.75, 3.05) is 0 Å². The Bertz CT molecular complexity index is 983. The van der Waals surface area contributed by atoms with Gasteiger partial charge in [0.15, 0.2) is 0 Å². The molecule has 10 atom stereocenters. The SMILES string of the molecule is C=C(C)[C@@H]1CC[C@]2(CC(=O)O)CC[C@]3(C)[C@H](CC[C@@H]4[C@@]5(C)CC[C@H](OC(C)=O)C(C)(C)[C@@H]5CC[C@]43C)[C@@H]12. The Hall–Kier alpha value is -1.32. The molecular formula is C33H52O4. The molecule has 208 valence electrons. The van der Waals surface area contributed by atoms with Crippen LogP contribution in [0.1, 0.15) is 119 Å². The topological polar surface area (TPSA) is 63.6 Å². The zero-order chi connectivity index (χ0) is 27.2. The van der Waals surface area contributed by atoms with E-state index in [4.69, 9.17) is 4.74 Å². The molecule has 0 amide bonds. The molecule has 4 heteroatoms. The molecule has 1 N–H and O–H groups in total. The van der Waals surface area contributed by atoms with Crippen molar-refractivity contribution >= 4 is 11.9 Å². The van der Waals surface area contributed by atoms with Gasteiger partial charge in [0, 0.05) is 12.3 Å². The first-order chi connectivity index (χ1) is 17.1. The molecule has 0 aliphatic heterocycles. The highest BCUT2D eigenvalue weighted by Crippen LogP contribution is 2.77. The van der Waals surface area contributed by atoms with E-state index in [1.807, 2.05) is 0 Å². The van der Waals surface area contributed by atoms with E-state index in [0.717, 1.165) is 38.5 Å². The first-order valence-corrected chi connectivity index (χ1v) is 15.2. The van der Waals surface area contributed by atoms with Gasteiger partial charge >= 0.3 is 11.9 Å². The van der Waals surface area contributed by atoms with Crippen molar-refractivity contribution in [2.45, 2.75) is 125 Å². The fraction of sp³-hybridized carbons (Fsp3) is 0.879. The Morgan fingerprint density at radius 1 is 0.838 bits per heavy atom. The zero-order valence-corrected chi connectivity index (χ0v) is 24.6. The van der Waals surface area contributed by atoms with Crippen LogP contribution in [0.3, 0.4) is 0 Å². The number of esters is 1. The van der Waals surface area contributed by atoms with Crippen molar-refractivity contribution in [3.8, 4) is 0 Å². The van der Waals surface area contributed by atoms with Crippen LogP contribution < -0.4 is 0 Å². The van der Waals surface area contributed by atoms with Crippen LogP contribution in [-0.4, -0.2) is 23.1 Å². The van der Waals surface area contributed by atoms with Gasteiger partial charge in [-0.15, -0.1) is 0 Å². The maximum absolute atomic E-state index is 12.1. The Kier molecular flexibility index (Phi) is 6.33. The van der Waals surface area contributed by atoms with Crippen LogP contribution in [0, 0.1) is 56.7 Å². The number of ether oxygens (including phenoxy) is 1. The summed E-state index contributed by atoms with van der Waals surface area (Å²) in [6.07, 6.45) is 11.8. The molecule has 0 heterocycles. The second-order valence-corrected chi connectivity index (χ2v) is 15.6. The van der Waals surface area contributed by atoms with E-state index < -0.39 is 5.97 Å². The number of aliphatic carboxylic acids is 1. The summed E-state index contributed by atoms with van der Waals surface area (Å²) >= 11 is 0. The van der Waals surface area contributed by atoms with E-state index in [9.17, 15) is 14.7 Å². The summed E-state index contributed by atoms with van der Waals surface area (Å²) in [4.78, 5) is 24.0. The molecule has 5 aliphatic rings. The van der Waals surface area contributed by atoms with Crippen molar-refractivity contribution in [3.05, 3.63) is 12.2 Å². The van der Waals surface area contributed by atoms with Gasteiger partial charge in [-0.05, 0) is 122 Å². The number of carbonyl (C=O) groups excluding carboxylic acids is 1. The minimum atomic E-state index is -0.615. The highest BCUT2D eigenvalue weighted by atomic mass is 16.5. The van der Waals surface area contributed by atoms with Gasteiger partial charge in [-0.3, -0.25) is 9.59 Å². The Labute approximate surface area is 225 Å². The van der Waals surface area contributed by atoms with Crippen LogP contribution in [0.15, 0.2) is 12.2 Å². The molecule has 4 nitrogen and oxygen atoms in total. The Morgan fingerprint density at radius 2 is 1.54 bits per heavy atom. The van der Waals surface area contributed by atoms with E-state index >= 15 is 0 Å². The fourth-order valence-corrected chi connectivity index (χ4v) is 12.3. The molecule has 5 saturated carbocycles. The first kappa shape index (κ1) is 27.3. The van der Waals surface area contributed by atoms with Crippen LogP contribution in [0.25, 0.3) is 0 Å². The van der Waals surface area contributed by atoms with Gasteiger partial charge in [-0.2, -0.15) is 0 Å². The summed E-state index contributed by atoms with van der Waals surface area (Å²) in [7, 11) is 0. The van der Waals surface area contributed by atoms with E-state index in [1.165, 1.54) is 31.3 Å². The molecule has 0 radical (unpaired) electrons. The zero-order valence-electron chi connectivity index (χ0n) is 24.6. The van der Waals surface area contributed by atoms with Crippen LogP contribution in [0.4, 0.5) is 0 Å². The van der Waals surface area contributed by atoms with Crippen LogP contribution >= 0.6 is 0 Å². The molecule has 37 heavy (non-hydrogen) atoms. The fourth-order valence-electron chi connectivity index (χ4n) is 12.3. The molecule has 5 rings (SSSR count). The maximum atomic E-state index is 12.1. The molecule has 0 aromatic carbocycles. The van der Waals surface area contributed by atoms with Crippen molar-refractivity contribution in [1.82, 2.24) is 0 Å². The molecule has 5 aliphatic carbocycles. The van der Waals surface area contributed by atoms with Gasteiger partial charge in [-0.1, -0.05) is 46.8 Å². The number of carbonyl (C=O) groups is 2. The van der Waals surface area contributed by atoms with Crippen molar-refractivity contribution in [3.63, 3.8) is 0 Å². The van der Waals surface area contributed by atoms with Gasteiger partial charge < -0.3 is 9.84 Å². The number of rotatable bonds is 4. The summed E-state index contributed by atoms with van der Waals surface area (Å²) < 4.78 is 5.90. The lowest BCUT2D eigenvalue weighted by molar-refractivity contribution is -0.250. The largest absolute Gasteiger partial charge is 0.481 e. The van der Waals surface area contributed by atoms with Gasteiger partial charge in [0.05, 0.1) is 6.42 Å². The summed E-state index contributed by atoms with van der Waals surface area (Å²) in [5, 5.41) is 9.97. The molecule has 0 spiro atoms. The molecule has 0 unspecified atom stereocenters. The van der Waals surface area contributed by atoms with Crippen molar-refractivity contribution in [2.24, 2.45) is 56.7 Å². The second-order valence-electron chi connectivity index (χ2n) is 15.6. The van der Waals surface area contributed by atoms with Crippen LogP contribution in [0.5, 0.6) is 0 Å². The summed E-state index contributed by atoms with van der Waals surface area (Å²) in [5.74, 6) is 1.96. The predicted molar refractivity (Wildman–Crippen MR) is 147 cm³/mol. The molecular weight excluding hydrogens is 460 g/mol. The van der Waals surface area contributed by atoms with Gasteiger partial charge in [-0.25, -0.2) is 0 Å². The lowest BCUT2D eigenvalue weighted by Gasteiger charge is -2.73. The van der Waals surface area contributed by atoms with Crippen molar-refractivity contribution in [1.29, 1.82) is 0 Å². The van der Waals surface area contributed by atoms with Crippen LogP contribution in [0.2, 0.25) is 0 Å². The third kappa shape index (κ3) is 3.65. The molecule has 5 fully saturated rings. The molecule has 0 saturated heterocycles. The Balaban J connectivity index is 1.51. The van der Waals surface area contributed by atoms with E-state index in [0.29, 0.717) is 36.0 Å². The predicted octanol–water partition coefficient (Wildman–Crippen LogP) is 8.05. The van der Waals surface area contributed by atoms with E-state index in [2.05, 4.69) is 48.1 Å². The number of fused-ring (bicyclic) bond motifs is 7. The normalized spacial score (nSPS) is 50.1. The summed E-state index contributed by atoms with van der Waals surface area (Å²) in [6.45, 7) is 20.7. The van der Waals surface area contributed by atoms with E-state index in [1.54, 1.807) is 6.92 Å². The molecule has 0 bridgehead atoms. The summed E-state index contributed by atoms with van der Waals surface area (Å²) in [5.41, 5.74) is 1.94. The number of hydrogen-bond donors (Lipinski definition) is 1. The van der Waals surface area contributed by atoms with Gasteiger partial charge in [0.2, 0.25) is 0 Å². The standard InChI is InChI=1S/C33H52O4/c1-20(2)22-11-16-33(19-27(35)36)18-17-31(7)23(28(22)33)9-10-25-30(6)14-13-26(37-21(3)34)29(4,5)24(30)12-15-32(25,31)8/h22-26,28H,1,9-19H2,2-8H3,(H,35,36)/t22-,23+,24-,25+,26-,28+,30-,31+,32+,33+/m0/s1. The van der Waals surface area contributed by atoms with Gasteiger partial charge in [0.1, 0.15) is 6.10 Å². The monoisotopic (exact) mass is 512 g/mol. The molecule has 0 aromatic rings. The lowest BCUT2D eigenvalue weighted by Crippen LogP contribution is -2.66. The highest BCUT2D eigenvalue weighted by Gasteiger charge is 2.71. The highest BCUT2D eigenvalue weighted by molar-refractivity contribution is 5.68. The van der Waals surface area contributed by atoms with Gasteiger partial charge in [0.25, 0.3) is 0 Å². The second kappa shape index (κ2) is 8.59. The lowest BCUT2D eigenvalue weighted by atomic mass is 9.32. The smallest absolute Gasteiger partial charge is 0.303 e. The van der Waals surface area contributed by atoms with Crippen LogP contribution in [-0.2, 0) is 14.3 Å². The minimum absolute atomic E-state index is 0.0143. The van der Waals surface area contributed by atoms with E-state index in [-0.39, 0.29) is 39.1 Å². The third-order valence-electron chi connectivity index (χ3n) is 14.0.